The lowest BCUT2D eigenvalue weighted by molar-refractivity contribution is -0.0502. The molecule has 0 aromatic heterocycles. The highest BCUT2D eigenvalue weighted by Gasteiger charge is 2.31. The zero-order valence-electron chi connectivity index (χ0n) is 11.4. The number of aliphatic hydroxyl groups excluding tert-OH is 1. The first-order valence-corrected chi connectivity index (χ1v) is 6.98. The maximum Gasteiger partial charge on any atom is 0.387 e. The molecule has 4 nitrogen and oxygen atoms in total. The van der Waals surface area contributed by atoms with Gasteiger partial charge in [-0.15, -0.1) is 0 Å². The first-order chi connectivity index (χ1) is 9.88. The summed E-state index contributed by atoms with van der Waals surface area (Å²) in [7, 11) is 0. The van der Waals surface area contributed by atoms with Crippen molar-refractivity contribution in [2.24, 2.45) is 5.92 Å². The molecule has 2 atom stereocenters. The van der Waals surface area contributed by atoms with Crippen LogP contribution in [0.5, 0.6) is 5.75 Å². The highest BCUT2D eigenvalue weighted by molar-refractivity contribution is 6.31. The second-order valence-corrected chi connectivity index (χ2v) is 5.50. The van der Waals surface area contributed by atoms with E-state index in [4.69, 9.17) is 11.6 Å². The predicted molar refractivity (Wildman–Crippen MR) is 73.8 cm³/mol. The zero-order valence-corrected chi connectivity index (χ0v) is 12.2. The second-order valence-electron chi connectivity index (χ2n) is 5.06. The summed E-state index contributed by atoms with van der Waals surface area (Å²) in [5.41, 5.74) is 0.00837. The molecule has 1 aromatic carbocycles. The Hall–Kier alpha value is -1.40. The fourth-order valence-corrected chi connectivity index (χ4v) is 2.58. The number of benzene rings is 1. The van der Waals surface area contributed by atoms with Gasteiger partial charge in [0.15, 0.2) is 0 Å². The number of carbonyl (C=O) groups excluding carboxylic acids is 1. The molecule has 21 heavy (non-hydrogen) atoms. The van der Waals surface area contributed by atoms with Crippen molar-refractivity contribution in [1.82, 2.24) is 4.90 Å². The van der Waals surface area contributed by atoms with E-state index in [9.17, 15) is 18.7 Å². The Kier molecular flexibility index (Phi) is 5.00. The maximum absolute atomic E-state index is 12.4. The van der Waals surface area contributed by atoms with Gasteiger partial charge in [0.2, 0.25) is 0 Å². The van der Waals surface area contributed by atoms with Crippen molar-refractivity contribution < 1.29 is 23.4 Å². The molecule has 1 aromatic rings. The molecule has 0 spiro atoms. The van der Waals surface area contributed by atoms with E-state index in [2.05, 4.69) is 4.74 Å². The summed E-state index contributed by atoms with van der Waals surface area (Å²) in [6, 6.07) is 3.96. The van der Waals surface area contributed by atoms with Gasteiger partial charge in [0.25, 0.3) is 5.91 Å². The van der Waals surface area contributed by atoms with E-state index in [0.29, 0.717) is 19.5 Å². The van der Waals surface area contributed by atoms with Gasteiger partial charge in [-0.2, -0.15) is 8.78 Å². The molecule has 116 valence electrons. The van der Waals surface area contributed by atoms with E-state index in [1.807, 2.05) is 0 Å². The smallest absolute Gasteiger partial charge is 0.387 e. The van der Waals surface area contributed by atoms with E-state index >= 15 is 0 Å². The fraction of sp³-hybridized carbons (Fsp3) is 0.500. The molecule has 1 saturated heterocycles. The number of nitrogens with zero attached hydrogens (tertiary/aromatic N) is 1. The van der Waals surface area contributed by atoms with Gasteiger partial charge in [0, 0.05) is 24.0 Å². The van der Waals surface area contributed by atoms with Gasteiger partial charge in [-0.05, 0) is 31.5 Å². The number of amides is 1. The number of carbonyl (C=O) groups is 1. The third-order valence-corrected chi connectivity index (χ3v) is 3.82. The topological polar surface area (TPSA) is 49.8 Å². The van der Waals surface area contributed by atoms with Crippen LogP contribution in [0.1, 0.15) is 23.7 Å². The number of ether oxygens (including phenoxy) is 1. The third kappa shape index (κ3) is 3.83. The minimum Gasteiger partial charge on any atom is -0.434 e. The van der Waals surface area contributed by atoms with Crippen LogP contribution in [0, 0.1) is 5.92 Å². The van der Waals surface area contributed by atoms with Crippen LogP contribution in [0.2, 0.25) is 5.02 Å². The molecular formula is C14H16ClF2NO3. The van der Waals surface area contributed by atoms with Crippen molar-refractivity contribution >= 4 is 17.5 Å². The summed E-state index contributed by atoms with van der Waals surface area (Å²) < 4.78 is 29.2. The normalized spacial score (nSPS) is 19.9. The number of halogens is 3. The van der Waals surface area contributed by atoms with E-state index in [1.54, 1.807) is 6.92 Å². The highest BCUT2D eigenvalue weighted by Crippen LogP contribution is 2.28. The molecule has 2 unspecified atom stereocenters. The van der Waals surface area contributed by atoms with Gasteiger partial charge in [-0.1, -0.05) is 11.6 Å². The Labute approximate surface area is 126 Å². The average molecular weight is 320 g/mol. The minimum atomic E-state index is -3.01. The summed E-state index contributed by atoms with van der Waals surface area (Å²) in [6.45, 7) is -0.489. The lowest BCUT2D eigenvalue weighted by atomic mass is 10.0. The molecule has 1 aliphatic heterocycles. The standard InChI is InChI=1S/C14H16ClF2NO3/c1-8(19)9-4-5-18(7-9)13(20)11-6-10(15)2-3-12(11)21-14(16)17/h2-3,6,8-9,14,19H,4-5,7H2,1H3. The Bertz CT molecular complexity index is 525. The van der Waals surface area contributed by atoms with E-state index in [-0.39, 0.29) is 22.3 Å². The van der Waals surface area contributed by atoms with Crippen LogP contribution < -0.4 is 4.74 Å². The number of alkyl halides is 2. The van der Waals surface area contributed by atoms with Crippen LogP contribution in [-0.2, 0) is 0 Å². The van der Waals surface area contributed by atoms with Crippen LogP contribution >= 0.6 is 11.6 Å². The molecule has 1 aliphatic rings. The Morgan fingerprint density at radius 3 is 2.81 bits per heavy atom. The predicted octanol–water partition coefficient (Wildman–Crippen LogP) is 2.78. The summed E-state index contributed by atoms with van der Waals surface area (Å²) in [4.78, 5) is 13.9. The van der Waals surface area contributed by atoms with Crippen LogP contribution in [0.4, 0.5) is 8.78 Å². The van der Waals surface area contributed by atoms with Crippen LogP contribution in [-0.4, -0.2) is 41.7 Å². The second kappa shape index (κ2) is 6.58. The molecule has 7 heteroatoms. The van der Waals surface area contributed by atoms with Crippen molar-refractivity contribution in [2.75, 3.05) is 13.1 Å². The summed E-state index contributed by atoms with van der Waals surface area (Å²) in [5, 5.41) is 9.83. The Balaban J connectivity index is 2.20. The van der Waals surface area contributed by atoms with E-state index in [1.165, 1.54) is 23.1 Å². The lowest BCUT2D eigenvalue weighted by Crippen LogP contribution is -2.30. The van der Waals surface area contributed by atoms with Crippen molar-refractivity contribution in [3.63, 3.8) is 0 Å². The first kappa shape index (κ1) is 16.0. The molecule has 0 saturated carbocycles. The number of hydrogen-bond donors (Lipinski definition) is 1. The van der Waals surface area contributed by atoms with Crippen molar-refractivity contribution in [3.8, 4) is 5.75 Å². The minimum absolute atomic E-state index is 0.00685. The largest absolute Gasteiger partial charge is 0.434 e. The quantitative estimate of drug-likeness (QED) is 0.928. The lowest BCUT2D eigenvalue weighted by Gasteiger charge is -2.19. The molecule has 1 N–H and O–H groups in total. The molecule has 0 radical (unpaired) electrons. The van der Waals surface area contributed by atoms with Gasteiger partial charge in [-0.25, -0.2) is 0 Å². The van der Waals surface area contributed by atoms with Gasteiger partial charge >= 0.3 is 6.61 Å². The fourth-order valence-electron chi connectivity index (χ4n) is 2.40. The maximum atomic E-state index is 12.4. The van der Waals surface area contributed by atoms with Crippen LogP contribution in [0.3, 0.4) is 0 Å². The number of hydrogen-bond acceptors (Lipinski definition) is 3. The Morgan fingerprint density at radius 1 is 1.52 bits per heavy atom. The summed E-state index contributed by atoms with van der Waals surface area (Å²) >= 11 is 5.83. The number of rotatable bonds is 4. The molecule has 1 fully saturated rings. The molecule has 0 bridgehead atoms. The number of aliphatic hydroxyl groups is 1. The van der Waals surface area contributed by atoms with E-state index in [0.717, 1.165) is 0 Å². The van der Waals surface area contributed by atoms with E-state index < -0.39 is 18.6 Å². The van der Waals surface area contributed by atoms with Gasteiger partial charge in [-0.3, -0.25) is 4.79 Å². The molecule has 2 rings (SSSR count). The van der Waals surface area contributed by atoms with Gasteiger partial charge < -0.3 is 14.7 Å². The zero-order chi connectivity index (χ0) is 15.6. The monoisotopic (exact) mass is 319 g/mol. The first-order valence-electron chi connectivity index (χ1n) is 6.60. The van der Waals surface area contributed by atoms with Crippen molar-refractivity contribution in [1.29, 1.82) is 0 Å². The summed E-state index contributed by atoms with van der Waals surface area (Å²) in [6.07, 6.45) is 0.161. The third-order valence-electron chi connectivity index (χ3n) is 3.58. The molecule has 1 amide bonds. The SMILES string of the molecule is CC(O)C1CCN(C(=O)c2cc(Cl)ccc2OC(F)F)C1. The van der Waals surface area contributed by atoms with Gasteiger partial charge in [0.05, 0.1) is 11.7 Å². The Morgan fingerprint density at radius 2 is 2.24 bits per heavy atom. The highest BCUT2D eigenvalue weighted by atomic mass is 35.5. The van der Waals surface area contributed by atoms with Crippen LogP contribution in [0.15, 0.2) is 18.2 Å². The van der Waals surface area contributed by atoms with Crippen molar-refractivity contribution in [3.05, 3.63) is 28.8 Å². The summed E-state index contributed by atoms with van der Waals surface area (Å²) in [5.74, 6) is -0.621. The van der Waals surface area contributed by atoms with Crippen molar-refractivity contribution in [2.45, 2.75) is 26.1 Å². The molecule has 0 aliphatic carbocycles. The molecular weight excluding hydrogens is 304 g/mol. The molecule has 1 heterocycles. The van der Waals surface area contributed by atoms with Gasteiger partial charge in [0.1, 0.15) is 5.75 Å². The average Bonchev–Trinajstić information content (AvgIpc) is 2.89. The number of likely N-dealkylation sites (tertiary alicyclic amines) is 1. The van der Waals surface area contributed by atoms with Crippen LogP contribution in [0.25, 0.3) is 0 Å².